The number of carbonyl (C=O) groups excluding carboxylic acids is 1. The number of amides is 1. The second-order valence-corrected chi connectivity index (χ2v) is 6.38. The molecule has 3 rings (SSSR count). The molecule has 25 heavy (non-hydrogen) atoms. The van der Waals surface area contributed by atoms with E-state index in [9.17, 15) is 9.18 Å². The van der Waals surface area contributed by atoms with Crippen LogP contribution in [0.3, 0.4) is 0 Å². The number of hydrogen-bond donors (Lipinski definition) is 2. The predicted molar refractivity (Wildman–Crippen MR) is 99.8 cm³/mol. The molecule has 1 amide bonds. The van der Waals surface area contributed by atoms with Crippen LogP contribution in [0.5, 0.6) is 0 Å². The van der Waals surface area contributed by atoms with Crippen molar-refractivity contribution in [3.63, 3.8) is 0 Å². The first kappa shape index (κ1) is 17.0. The first-order chi connectivity index (χ1) is 12.0. The highest BCUT2D eigenvalue weighted by Crippen LogP contribution is 2.23. The molecule has 0 atom stereocenters. The van der Waals surface area contributed by atoms with Crippen molar-refractivity contribution >= 4 is 22.5 Å². The third kappa shape index (κ3) is 3.65. The summed E-state index contributed by atoms with van der Waals surface area (Å²) in [6.45, 7) is 2.36. The number of halogens is 1. The van der Waals surface area contributed by atoms with E-state index in [1.165, 1.54) is 12.1 Å². The highest BCUT2D eigenvalue weighted by atomic mass is 19.1. The van der Waals surface area contributed by atoms with Gasteiger partial charge in [-0.1, -0.05) is 12.1 Å². The maximum absolute atomic E-state index is 13.5. The monoisotopic (exact) mass is 339 g/mol. The lowest BCUT2D eigenvalue weighted by Gasteiger charge is -2.12. The quantitative estimate of drug-likeness (QED) is 0.745. The predicted octanol–water partition coefficient (Wildman–Crippen LogP) is 3.65. The first-order valence-electron chi connectivity index (χ1n) is 8.28. The summed E-state index contributed by atoms with van der Waals surface area (Å²) in [4.78, 5) is 17.7. The van der Waals surface area contributed by atoms with E-state index in [1.807, 2.05) is 25.9 Å². The third-order valence-electron chi connectivity index (χ3n) is 4.33. The van der Waals surface area contributed by atoms with Gasteiger partial charge >= 0.3 is 0 Å². The van der Waals surface area contributed by atoms with Crippen molar-refractivity contribution in [2.45, 2.75) is 13.3 Å². The molecule has 0 unspecified atom stereocenters. The van der Waals surface area contributed by atoms with E-state index >= 15 is 0 Å². The lowest BCUT2D eigenvalue weighted by molar-refractivity contribution is 0.0955. The van der Waals surface area contributed by atoms with Crippen LogP contribution in [0.4, 0.5) is 10.1 Å². The van der Waals surface area contributed by atoms with Crippen LogP contribution in [-0.4, -0.2) is 31.5 Å². The molecule has 2 N–H and O–H groups in total. The summed E-state index contributed by atoms with van der Waals surface area (Å²) in [6.07, 6.45) is 0.745. The molecule has 5 heteroatoms. The maximum Gasteiger partial charge on any atom is 0.253 e. The first-order valence-corrected chi connectivity index (χ1v) is 8.28. The number of aryl methyl sites for hydroxylation is 1. The van der Waals surface area contributed by atoms with Crippen molar-refractivity contribution in [1.82, 2.24) is 10.3 Å². The minimum atomic E-state index is -0.346. The Morgan fingerprint density at radius 1 is 1.16 bits per heavy atom. The number of H-pyrrole nitrogens is 1. The van der Waals surface area contributed by atoms with Gasteiger partial charge in [-0.2, -0.15) is 0 Å². The molecule has 0 spiro atoms. The fourth-order valence-corrected chi connectivity index (χ4v) is 2.96. The van der Waals surface area contributed by atoms with Crippen molar-refractivity contribution in [2.24, 2.45) is 0 Å². The van der Waals surface area contributed by atoms with Gasteiger partial charge in [0.2, 0.25) is 0 Å². The highest BCUT2D eigenvalue weighted by molar-refractivity contribution is 6.08. The van der Waals surface area contributed by atoms with Crippen LogP contribution < -0.4 is 10.2 Å². The number of nitrogens with zero attached hydrogens (tertiary/aromatic N) is 1. The Balaban J connectivity index is 1.67. The van der Waals surface area contributed by atoms with E-state index in [4.69, 9.17) is 0 Å². The van der Waals surface area contributed by atoms with Gasteiger partial charge in [0.1, 0.15) is 5.82 Å². The second kappa shape index (κ2) is 6.97. The molecule has 0 aliphatic heterocycles. The molecule has 1 heterocycles. The number of rotatable bonds is 5. The molecular formula is C20H22FN3O. The third-order valence-corrected chi connectivity index (χ3v) is 4.33. The van der Waals surface area contributed by atoms with Gasteiger partial charge in [0, 0.05) is 42.9 Å². The van der Waals surface area contributed by atoms with Crippen LogP contribution in [-0.2, 0) is 6.42 Å². The van der Waals surface area contributed by atoms with E-state index < -0.39 is 0 Å². The largest absolute Gasteiger partial charge is 0.378 e. The van der Waals surface area contributed by atoms with E-state index in [2.05, 4.69) is 34.6 Å². The van der Waals surface area contributed by atoms with Crippen molar-refractivity contribution in [3.05, 3.63) is 65.1 Å². The molecule has 0 aliphatic carbocycles. The summed E-state index contributed by atoms with van der Waals surface area (Å²) in [7, 11) is 4.00. The Bertz CT molecular complexity index is 897. The Morgan fingerprint density at radius 3 is 2.56 bits per heavy atom. The Hall–Kier alpha value is -2.82. The lowest BCUT2D eigenvalue weighted by Crippen LogP contribution is -2.26. The fourth-order valence-electron chi connectivity index (χ4n) is 2.96. The van der Waals surface area contributed by atoms with E-state index in [0.717, 1.165) is 28.9 Å². The summed E-state index contributed by atoms with van der Waals surface area (Å²) in [5.74, 6) is -0.527. The summed E-state index contributed by atoms with van der Waals surface area (Å²) in [5, 5.41) is 3.55. The minimum absolute atomic E-state index is 0.181. The summed E-state index contributed by atoms with van der Waals surface area (Å²) in [5.41, 5.74) is 4.33. The number of anilines is 1. The number of aromatic nitrogens is 1. The molecule has 0 saturated carbocycles. The highest BCUT2D eigenvalue weighted by Gasteiger charge is 2.16. The number of aromatic amines is 1. The molecule has 130 valence electrons. The summed E-state index contributed by atoms with van der Waals surface area (Å²) in [6, 6.07) is 12.7. The second-order valence-electron chi connectivity index (χ2n) is 6.38. The van der Waals surface area contributed by atoms with E-state index in [-0.39, 0.29) is 11.7 Å². The van der Waals surface area contributed by atoms with Crippen LogP contribution in [0.15, 0.2) is 42.5 Å². The number of fused-ring (bicyclic) bond motifs is 1. The van der Waals surface area contributed by atoms with Gasteiger partial charge in [0.05, 0.1) is 5.56 Å². The molecule has 1 aromatic heterocycles. The Morgan fingerprint density at radius 2 is 1.88 bits per heavy atom. The lowest BCUT2D eigenvalue weighted by atomic mass is 10.1. The zero-order valence-corrected chi connectivity index (χ0v) is 14.7. The minimum Gasteiger partial charge on any atom is -0.378 e. The Labute approximate surface area is 146 Å². The fraction of sp³-hybridized carbons (Fsp3) is 0.250. The molecule has 0 aliphatic rings. The van der Waals surface area contributed by atoms with Gasteiger partial charge < -0.3 is 15.2 Å². The number of hydrogen-bond acceptors (Lipinski definition) is 2. The van der Waals surface area contributed by atoms with Gasteiger partial charge in [-0.25, -0.2) is 4.39 Å². The molecule has 4 nitrogen and oxygen atoms in total. The molecular weight excluding hydrogens is 317 g/mol. The average Bonchev–Trinajstić information content (AvgIpc) is 2.90. The van der Waals surface area contributed by atoms with E-state index in [1.54, 1.807) is 6.07 Å². The van der Waals surface area contributed by atoms with Crippen LogP contribution in [0, 0.1) is 12.7 Å². The summed E-state index contributed by atoms with van der Waals surface area (Å²) >= 11 is 0. The molecule has 0 bridgehead atoms. The van der Waals surface area contributed by atoms with Crippen LogP contribution in [0.25, 0.3) is 10.9 Å². The normalized spacial score (nSPS) is 10.9. The summed E-state index contributed by atoms with van der Waals surface area (Å²) < 4.78 is 13.5. The molecule has 2 aromatic carbocycles. The number of benzene rings is 2. The van der Waals surface area contributed by atoms with Crippen molar-refractivity contribution in [1.29, 1.82) is 0 Å². The van der Waals surface area contributed by atoms with Crippen molar-refractivity contribution in [2.75, 3.05) is 25.5 Å². The van der Waals surface area contributed by atoms with Gasteiger partial charge in [-0.15, -0.1) is 0 Å². The Kier molecular flexibility index (Phi) is 4.74. The van der Waals surface area contributed by atoms with Gasteiger partial charge in [-0.05, 0) is 49.2 Å². The van der Waals surface area contributed by atoms with Gasteiger partial charge in [-0.3, -0.25) is 4.79 Å². The zero-order valence-electron chi connectivity index (χ0n) is 14.7. The van der Waals surface area contributed by atoms with Crippen LogP contribution in [0.1, 0.15) is 21.6 Å². The topological polar surface area (TPSA) is 48.1 Å². The molecule has 3 aromatic rings. The standard InChI is InChI=1S/C20H22FN3O/c1-13-19(17-12-15(21)6-9-18(17)23-13)20(25)22-11-10-14-4-7-16(8-5-14)24(2)3/h4-9,12,23H,10-11H2,1-3H3,(H,22,25). The van der Waals surface area contributed by atoms with Crippen LogP contribution >= 0.6 is 0 Å². The molecule has 0 radical (unpaired) electrons. The number of carbonyl (C=O) groups is 1. The average molecular weight is 339 g/mol. The van der Waals surface area contributed by atoms with Gasteiger partial charge in [0.25, 0.3) is 5.91 Å². The zero-order chi connectivity index (χ0) is 18.0. The van der Waals surface area contributed by atoms with Crippen LogP contribution in [0.2, 0.25) is 0 Å². The van der Waals surface area contributed by atoms with Crippen molar-refractivity contribution in [3.8, 4) is 0 Å². The number of nitrogens with one attached hydrogen (secondary N) is 2. The maximum atomic E-state index is 13.5. The molecule has 0 saturated heterocycles. The smallest absolute Gasteiger partial charge is 0.253 e. The molecule has 0 fully saturated rings. The van der Waals surface area contributed by atoms with E-state index in [0.29, 0.717) is 17.5 Å². The SMILES string of the molecule is Cc1[nH]c2ccc(F)cc2c1C(=O)NCCc1ccc(N(C)C)cc1. The van der Waals surface area contributed by atoms with Crippen molar-refractivity contribution < 1.29 is 9.18 Å². The van der Waals surface area contributed by atoms with Gasteiger partial charge in [0.15, 0.2) is 0 Å².